The minimum absolute atomic E-state index is 0.270. The van der Waals surface area contributed by atoms with Gasteiger partial charge in [-0.3, -0.25) is 4.98 Å². The van der Waals surface area contributed by atoms with Gasteiger partial charge in [0.1, 0.15) is 4.90 Å². The topological polar surface area (TPSA) is 50.3 Å². The van der Waals surface area contributed by atoms with E-state index in [1.165, 1.54) is 5.56 Å². The lowest BCUT2D eigenvalue weighted by Crippen LogP contribution is -2.43. The predicted molar refractivity (Wildman–Crippen MR) is 123 cm³/mol. The van der Waals surface area contributed by atoms with Gasteiger partial charge in [-0.2, -0.15) is 4.31 Å². The van der Waals surface area contributed by atoms with Gasteiger partial charge in [-0.05, 0) is 34.9 Å². The Kier molecular flexibility index (Phi) is 5.93. The summed E-state index contributed by atoms with van der Waals surface area (Å²) in [5.41, 5.74) is 3.24. The largest absolute Gasteiger partial charge is 0.255 e. The zero-order chi connectivity index (χ0) is 20.6. The van der Waals surface area contributed by atoms with E-state index < -0.39 is 18.8 Å². The Labute approximate surface area is 182 Å². The third-order valence-electron chi connectivity index (χ3n) is 5.84. The van der Waals surface area contributed by atoms with Crippen LogP contribution in [0.2, 0.25) is 12.1 Å². The van der Waals surface area contributed by atoms with Crippen LogP contribution in [0.4, 0.5) is 0 Å². The molecule has 1 radical (unpaired) electrons. The molecule has 0 saturated carbocycles. The number of pyridine rings is 1. The van der Waals surface area contributed by atoms with Gasteiger partial charge in [-0.25, -0.2) is 8.42 Å². The summed E-state index contributed by atoms with van der Waals surface area (Å²) in [4.78, 5) is 4.68. The molecule has 151 valence electrons. The van der Waals surface area contributed by atoms with Crippen molar-refractivity contribution in [1.82, 2.24) is 9.29 Å². The number of hydrogen-bond donors (Lipinski definition) is 0. The molecule has 0 bridgehead atoms. The lowest BCUT2D eigenvalue weighted by molar-refractivity contribution is 0.382. The number of para-hydroxylation sites is 1. The number of nitrogens with zero attached hydrogens (tertiary/aromatic N) is 2. The van der Waals surface area contributed by atoms with Crippen molar-refractivity contribution < 1.29 is 8.42 Å². The summed E-state index contributed by atoms with van der Waals surface area (Å²) in [5.74, 6) is 0. The van der Waals surface area contributed by atoms with Crippen molar-refractivity contribution >= 4 is 45.7 Å². The summed E-state index contributed by atoms with van der Waals surface area (Å²) < 4.78 is 30.2. The first-order chi connectivity index (χ1) is 14.0. The van der Waals surface area contributed by atoms with Crippen molar-refractivity contribution in [3.05, 3.63) is 70.3 Å². The Morgan fingerprint density at radius 2 is 1.83 bits per heavy atom. The molecule has 4 rings (SSSR count). The van der Waals surface area contributed by atoms with Gasteiger partial charge in [-0.15, -0.1) is 0 Å². The summed E-state index contributed by atoms with van der Waals surface area (Å²) in [5, 5.41) is 0.845. The van der Waals surface area contributed by atoms with Crippen molar-refractivity contribution in [1.29, 1.82) is 0 Å². The average molecular weight is 489 g/mol. The first-order valence-corrected chi connectivity index (χ1v) is 14.2. The number of benzene rings is 2. The smallest absolute Gasteiger partial charge is 0.245 e. The van der Waals surface area contributed by atoms with Crippen molar-refractivity contribution in [3.63, 3.8) is 0 Å². The van der Waals surface area contributed by atoms with Gasteiger partial charge < -0.3 is 0 Å². The summed E-state index contributed by atoms with van der Waals surface area (Å²) in [7, 11) is -4.38. The molecular formula is C22H24BrN2O2SSi. The molecule has 1 aliphatic rings. The molecule has 1 aliphatic heterocycles. The molecule has 0 N–H and O–H groups in total. The maximum Gasteiger partial charge on any atom is 0.245 e. The highest BCUT2D eigenvalue weighted by Gasteiger charge is 2.38. The van der Waals surface area contributed by atoms with Crippen molar-refractivity contribution in [2.45, 2.75) is 42.9 Å². The van der Waals surface area contributed by atoms with Crippen LogP contribution in [0.15, 0.2) is 64.1 Å². The van der Waals surface area contributed by atoms with Crippen molar-refractivity contribution in [3.8, 4) is 0 Å². The first kappa shape index (κ1) is 20.7. The van der Waals surface area contributed by atoms with Crippen LogP contribution in [-0.2, 0) is 16.6 Å². The number of aromatic nitrogens is 1. The second-order valence-corrected chi connectivity index (χ2v) is 13.5. The first-order valence-electron chi connectivity index (χ1n) is 9.93. The molecule has 1 atom stereocenters. The van der Waals surface area contributed by atoms with Gasteiger partial charge in [0.15, 0.2) is 0 Å². The average Bonchev–Trinajstić information content (AvgIpc) is 2.74. The Morgan fingerprint density at radius 1 is 1.10 bits per heavy atom. The molecule has 4 nitrogen and oxygen atoms in total. The molecular weight excluding hydrogens is 464 g/mol. The highest BCUT2D eigenvalue weighted by atomic mass is 79.9. The fourth-order valence-electron chi connectivity index (χ4n) is 4.34. The minimum Gasteiger partial charge on any atom is -0.255 e. The molecule has 3 aromatic rings. The molecule has 2 heterocycles. The van der Waals surface area contributed by atoms with E-state index in [9.17, 15) is 8.42 Å². The van der Waals surface area contributed by atoms with E-state index in [-0.39, 0.29) is 5.54 Å². The Bertz CT molecular complexity index is 1140. The molecule has 29 heavy (non-hydrogen) atoms. The normalized spacial score (nSPS) is 17.6. The fourth-order valence-corrected chi connectivity index (χ4v) is 9.68. The van der Waals surface area contributed by atoms with Crippen LogP contribution in [0.3, 0.4) is 0 Å². The third kappa shape index (κ3) is 3.69. The number of fused-ring (bicyclic) bond motifs is 2. The Morgan fingerprint density at radius 3 is 2.59 bits per heavy atom. The van der Waals surface area contributed by atoms with E-state index in [0.717, 1.165) is 27.5 Å². The van der Waals surface area contributed by atoms with Gasteiger partial charge >= 0.3 is 0 Å². The van der Waals surface area contributed by atoms with Crippen molar-refractivity contribution in [2.24, 2.45) is 0 Å². The number of hydrogen-bond acceptors (Lipinski definition) is 3. The van der Waals surface area contributed by atoms with E-state index in [1.807, 2.05) is 24.3 Å². The van der Waals surface area contributed by atoms with Gasteiger partial charge in [0, 0.05) is 29.1 Å². The highest BCUT2D eigenvalue weighted by Crippen LogP contribution is 2.39. The summed E-state index contributed by atoms with van der Waals surface area (Å²) in [6.07, 6.45) is 1.65. The molecule has 0 aliphatic carbocycles. The van der Waals surface area contributed by atoms with Crippen molar-refractivity contribution in [2.75, 3.05) is 6.54 Å². The molecule has 1 aromatic heterocycles. The standard InChI is InChI=1S/C22H24BrN2O2SSi/c1-3-29(4-2)20-15-25(14-17-9-5-11-18(23)21(17)20)28(26,27)19-12-6-8-16-10-7-13-24-22(16)19/h5-13,20H,3-4,14-15H2,1-2H3/t20-/m0/s1. The van der Waals surface area contributed by atoms with Crippen LogP contribution in [0.5, 0.6) is 0 Å². The van der Waals surface area contributed by atoms with Gasteiger partial charge in [0.25, 0.3) is 0 Å². The van der Waals surface area contributed by atoms with E-state index in [0.29, 0.717) is 23.5 Å². The predicted octanol–water partition coefficient (Wildman–Crippen LogP) is 5.36. The van der Waals surface area contributed by atoms with E-state index in [2.05, 4.69) is 46.9 Å². The lowest BCUT2D eigenvalue weighted by atomic mass is 10.0. The number of rotatable bonds is 5. The molecule has 0 fully saturated rings. The maximum atomic E-state index is 13.7. The van der Waals surface area contributed by atoms with E-state index >= 15 is 0 Å². The molecule has 0 spiro atoms. The summed E-state index contributed by atoms with van der Waals surface area (Å²) >= 11 is 3.74. The van der Waals surface area contributed by atoms with Gasteiger partial charge in [0.05, 0.1) is 14.3 Å². The SMILES string of the molecule is CC[Si](CC)[C@H]1CN(S(=O)(=O)c2cccc3cccnc23)Cc2cccc(Br)c21. The quantitative estimate of drug-likeness (QED) is 0.455. The Balaban J connectivity index is 1.83. The molecule has 2 aromatic carbocycles. The van der Waals surface area contributed by atoms with Gasteiger partial charge in [-0.1, -0.05) is 72.2 Å². The van der Waals surface area contributed by atoms with Gasteiger partial charge in [0.2, 0.25) is 10.0 Å². The maximum absolute atomic E-state index is 13.7. The summed E-state index contributed by atoms with van der Waals surface area (Å²) in [6.45, 7) is 5.41. The number of halogens is 1. The lowest BCUT2D eigenvalue weighted by Gasteiger charge is -2.37. The zero-order valence-corrected chi connectivity index (χ0v) is 20.0. The number of sulfonamides is 1. The molecule has 7 heteroatoms. The highest BCUT2D eigenvalue weighted by molar-refractivity contribution is 9.10. The van der Waals surface area contributed by atoms with Crippen LogP contribution in [0.25, 0.3) is 10.9 Å². The molecule has 0 unspecified atom stereocenters. The van der Waals surface area contributed by atoms with Crippen LogP contribution in [-0.4, -0.2) is 33.0 Å². The van der Waals surface area contributed by atoms with Crippen LogP contribution < -0.4 is 0 Å². The van der Waals surface area contributed by atoms with Crippen LogP contribution in [0, 0.1) is 0 Å². The molecule has 0 amide bonds. The monoisotopic (exact) mass is 487 g/mol. The zero-order valence-electron chi connectivity index (χ0n) is 16.6. The summed E-state index contributed by atoms with van der Waals surface area (Å²) in [6, 6.07) is 17.5. The fraction of sp³-hybridized carbons (Fsp3) is 0.318. The van der Waals surface area contributed by atoms with Crippen LogP contribution in [0.1, 0.15) is 30.5 Å². The van der Waals surface area contributed by atoms with Crippen LogP contribution >= 0.6 is 15.9 Å². The van der Waals surface area contributed by atoms with E-state index in [4.69, 9.17) is 0 Å². The second-order valence-electron chi connectivity index (χ2n) is 7.36. The minimum atomic E-state index is -3.66. The Hall–Kier alpha value is -1.54. The third-order valence-corrected chi connectivity index (χ3v) is 11.6. The second kappa shape index (κ2) is 8.30. The molecule has 0 saturated heterocycles. The van der Waals surface area contributed by atoms with E-state index in [1.54, 1.807) is 22.6 Å².